The first-order valence-electron chi connectivity index (χ1n) is 9.31. The summed E-state index contributed by atoms with van der Waals surface area (Å²) in [6, 6.07) is 0. The quantitative estimate of drug-likeness (QED) is 0.639. The standard InChI is InChI=1S/C21H28OS/c1-4-21(23-3)12-10-19-18-7-5-14-13-15(22)6-8-16(14)17(18)9-11-20(19,21)2/h1,13,16-19H,5-12H2,2-3H3/t16?,17?,18?,19?,20-,21-/m1/s1. The van der Waals surface area contributed by atoms with E-state index in [-0.39, 0.29) is 4.75 Å². The Kier molecular flexibility index (Phi) is 3.73. The first kappa shape index (κ1) is 15.8. The molecule has 0 aromatic rings. The van der Waals surface area contributed by atoms with Crippen molar-refractivity contribution in [3.63, 3.8) is 0 Å². The van der Waals surface area contributed by atoms with E-state index < -0.39 is 0 Å². The number of hydrogen-bond acceptors (Lipinski definition) is 2. The van der Waals surface area contributed by atoms with E-state index >= 15 is 0 Å². The molecule has 0 spiro atoms. The highest BCUT2D eigenvalue weighted by Gasteiger charge is 2.62. The molecule has 3 saturated carbocycles. The van der Waals surface area contributed by atoms with E-state index in [9.17, 15) is 4.79 Å². The summed E-state index contributed by atoms with van der Waals surface area (Å²) in [6.45, 7) is 2.49. The molecule has 1 nitrogen and oxygen atoms in total. The Bertz CT molecular complexity index is 599. The van der Waals surface area contributed by atoms with Crippen LogP contribution >= 0.6 is 11.8 Å². The molecular formula is C21H28OS. The van der Waals surface area contributed by atoms with Crippen molar-refractivity contribution >= 4 is 17.5 Å². The van der Waals surface area contributed by atoms with Crippen LogP contribution in [0.25, 0.3) is 0 Å². The van der Waals surface area contributed by atoms with Crippen molar-refractivity contribution in [2.75, 3.05) is 6.26 Å². The van der Waals surface area contributed by atoms with Gasteiger partial charge in [-0.1, -0.05) is 18.4 Å². The van der Waals surface area contributed by atoms with Crippen LogP contribution in [0.2, 0.25) is 0 Å². The first-order valence-corrected chi connectivity index (χ1v) is 10.5. The van der Waals surface area contributed by atoms with Gasteiger partial charge in [0.1, 0.15) is 0 Å². The normalized spacial score (nSPS) is 48.7. The molecule has 2 heteroatoms. The molecule has 0 bridgehead atoms. The minimum Gasteiger partial charge on any atom is -0.295 e. The predicted molar refractivity (Wildman–Crippen MR) is 97.2 cm³/mol. The molecule has 4 aliphatic carbocycles. The van der Waals surface area contributed by atoms with Crippen LogP contribution in [0.5, 0.6) is 0 Å². The van der Waals surface area contributed by atoms with E-state index in [4.69, 9.17) is 6.42 Å². The first-order chi connectivity index (χ1) is 11.0. The van der Waals surface area contributed by atoms with Gasteiger partial charge in [0.15, 0.2) is 5.78 Å². The molecule has 0 radical (unpaired) electrons. The predicted octanol–water partition coefficient (Wildman–Crippen LogP) is 4.86. The van der Waals surface area contributed by atoms with Crippen molar-refractivity contribution in [3.05, 3.63) is 11.6 Å². The third-order valence-electron chi connectivity index (χ3n) is 8.00. The van der Waals surface area contributed by atoms with Gasteiger partial charge in [0.05, 0.1) is 4.75 Å². The third kappa shape index (κ3) is 2.05. The second-order valence-electron chi connectivity index (χ2n) is 8.47. The summed E-state index contributed by atoms with van der Waals surface area (Å²) in [7, 11) is 0. The molecule has 0 N–H and O–H groups in total. The lowest BCUT2D eigenvalue weighted by Gasteiger charge is -2.55. The van der Waals surface area contributed by atoms with Crippen molar-refractivity contribution in [1.82, 2.24) is 0 Å². The van der Waals surface area contributed by atoms with Gasteiger partial charge in [0, 0.05) is 6.42 Å². The van der Waals surface area contributed by atoms with Crippen LogP contribution in [0.3, 0.4) is 0 Å². The maximum Gasteiger partial charge on any atom is 0.155 e. The number of thioether (sulfide) groups is 1. The van der Waals surface area contributed by atoms with Crippen molar-refractivity contribution in [3.8, 4) is 12.3 Å². The van der Waals surface area contributed by atoms with Gasteiger partial charge in [-0.3, -0.25) is 4.79 Å². The van der Waals surface area contributed by atoms with E-state index in [1.165, 1.54) is 37.7 Å². The van der Waals surface area contributed by atoms with Crippen molar-refractivity contribution in [2.24, 2.45) is 29.1 Å². The molecule has 0 aromatic heterocycles. The average molecular weight is 329 g/mol. The number of carbonyl (C=O) groups excluding carboxylic acids is 1. The van der Waals surface area contributed by atoms with Gasteiger partial charge in [0.25, 0.3) is 0 Å². The number of hydrogen-bond donors (Lipinski definition) is 0. The van der Waals surface area contributed by atoms with E-state index in [1.54, 1.807) is 0 Å². The highest BCUT2D eigenvalue weighted by atomic mass is 32.2. The summed E-state index contributed by atoms with van der Waals surface area (Å²) in [5.74, 6) is 6.75. The molecule has 4 aliphatic rings. The fourth-order valence-corrected chi connectivity index (χ4v) is 7.97. The lowest BCUT2D eigenvalue weighted by molar-refractivity contribution is -0.116. The summed E-state index contributed by atoms with van der Waals surface area (Å²) in [4.78, 5) is 11.8. The van der Waals surface area contributed by atoms with Crippen LogP contribution in [-0.2, 0) is 4.79 Å². The van der Waals surface area contributed by atoms with Crippen LogP contribution in [0.15, 0.2) is 11.6 Å². The molecule has 4 unspecified atom stereocenters. The fourth-order valence-electron chi connectivity index (χ4n) is 6.81. The summed E-state index contributed by atoms with van der Waals surface area (Å²) in [5, 5.41) is 0. The summed E-state index contributed by atoms with van der Waals surface area (Å²) >= 11 is 1.93. The zero-order valence-electron chi connectivity index (χ0n) is 14.4. The minimum absolute atomic E-state index is 0.0568. The van der Waals surface area contributed by atoms with Crippen molar-refractivity contribution < 1.29 is 4.79 Å². The van der Waals surface area contributed by atoms with Gasteiger partial charge in [-0.05, 0) is 86.4 Å². The van der Waals surface area contributed by atoms with Crippen LogP contribution in [0.4, 0.5) is 0 Å². The van der Waals surface area contributed by atoms with E-state index in [1.807, 2.05) is 17.8 Å². The second-order valence-corrected chi connectivity index (χ2v) is 9.58. The molecule has 6 atom stereocenters. The second kappa shape index (κ2) is 5.41. The Hall–Kier alpha value is -0.680. The Labute approximate surface area is 145 Å². The molecule has 23 heavy (non-hydrogen) atoms. The average Bonchev–Trinajstić information content (AvgIpc) is 2.87. The van der Waals surface area contributed by atoms with Gasteiger partial charge in [-0.25, -0.2) is 0 Å². The summed E-state index contributed by atoms with van der Waals surface area (Å²) in [5.41, 5.74) is 1.80. The Morgan fingerprint density at radius 3 is 2.74 bits per heavy atom. The van der Waals surface area contributed by atoms with Crippen LogP contribution in [-0.4, -0.2) is 16.8 Å². The zero-order valence-corrected chi connectivity index (χ0v) is 15.3. The molecule has 0 amide bonds. The largest absolute Gasteiger partial charge is 0.295 e. The van der Waals surface area contributed by atoms with Crippen LogP contribution < -0.4 is 0 Å². The lowest BCUT2D eigenvalue weighted by Crippen LogP contribution is -2.50. The van der Waals surface area contributed by atoms with Gasteiger partial charge >= 0.3 is 0 Å². The van der Waals surface area contributed by atoms with E-state index in [0.29, 0.717) is 17.1 Å². The van der Waals surface area contributed by atoms with Gasteiger partial charge in [0.2, 0.25) is 0 Å². The SMILES string of the molecule is C#C[C@@]1(SC)CCC2C3CCC4=CC(=O)CCC4C3CC[C@]21C. The number of rotatable bonds is 1. The lowest BCUT2D eigenvalue weighted by atomic mass is 9.51. The molecule has 0 saturated heterocycles. The van der Waals surface area contributed by atoms with Gasteiger partial charge in [-0.15, -0.1) is 18.2 Å². The van der Waals surface area contributed by atoms with Crippen LogP contribution in [0, 0.1) is 41.4 Å². The molecule has 0 aliphatic heterocycles. The number of ketones is 1. The molecule has 124 valence electrons. The Morgan fingerprint density at radius 1 is 1.17 bits per heavy atom. The number of carbonyl (C=O) groups is 1. The highest BCUT2D eigenvalue weighted by molar-refractivity contribution is 8.00. The maximum atomic E-state index is 11.8. The number of allylic oxidation sites excluding steroid dienone is 1. The summed E-state index contributed by atoms with van der Waals surface area (Å²) < 4.78 is 0.0568. The fraction of sp³-hybridized carbons (Fsp3) is 0.762. The number of fused-ring (bicyclic) bond motifs is 5. The summed E-state index contributed by atoms with van der Waals surface area (Å²) in [6.07, 6.45) is 19.7. The van der Waals surface area contributed by atoms with Gasteiger partial charge < -0.3 is 0 Å². The van der Waals surface area contributed by atoms with Crippen LogP contribution in [0.1, 0.15) is 58.3 Å². The highest BCUT2D eigenvalue weighted by Crippen LogP contribution is 2.67. The topological polar surface area (TPSA) is 17.1 Å². The monoisotopic (exact) mass is 328 g/mol. The molecule has 0 heterocycles. The molecule has 3 fully saturated rings. The molecule has 0 aromatic carbocycles. The zero-order chi connectivity index (χ0) is 16.2. The van der Waals surface area contributed by atoms with Gasteiger partial charge in [-0.2, -0.15) is 0 Å². The minimum atomic E-state index is 0.0568. The van der Waals surface area contributed by atoms with Crippen molar-refractivity contribution in [2.45, 2.75) is 63.0 Å². The number of terminal acetylenes is 1. The third-order valence-corrected chi connectivity index (χ3v) is 9.49. The van der Waals surface area contributed by atoms with E-state index in [2.05, 4.69) is 19.1 Å². The Morgan fingerprint density at radius 2 is 2.00 bits per heavy atom. The van der Waals surface area contributed by atoms with Crippen molar-refractivity contribution in [1.29, 1.82) is 0 Å². The Balaban J connectivity index is 1.65. The van der Waals surface area contributed by atoms with E-state index in [0.717, 1.165) is 37.0 Å². The molecule has 4 rings (SSSR count). The smallest absolute Gasteiger partial charge is 0.155 e. The maximum absolute atomic E-state index is 11.8. The molecular weight excluding hydrogens is 300 g/mol.